The smallest absolute Gasteiger partial charge is 0.422 e. The van der Waals surface area contributed by atoms with Crippen LogP contribution in [-0.4, -0.2) is 18.7 Å². The first-order chi connectivity index (χ1) is 10.9. The summed E-state index contributed by atoms with van der Waals surface area (Å²) in [5.74, 6) is 0.308. The summed E-state index contributed by atoms with van der Waals surface area (Å²) in [5.41, 5.74) is 7.06. The van der Waals surface area contributed by atoms with Crippen LogP contribution in [0, 0.1) is 0 Å². The Labute approximate surface area is 154 Å². The molecule has 0 bridgehead atoms. The van der Waals surface area contributed by atoms with E-state index >= 15 is 0 Å². The zero-order valence-electron chi connectivity index (χ0n) is 12.6. The van der Waals surface area contributed by atoms with Gasteiger partial charge in [-0.25, -0.2) is 4.99 Å². The molecule has 0 amide bonds. The average molecular weight is 451 g/mol. The number of nitrogens with two attached hydrogens (primary N) is 1. The molecule has 2 aromatic carbocycles. The van der Waals surface area contributed by atoms with Crippen LogP contribution in [0.25, 0.3) is 0 Å². The lowest BCUT2D eigenvalue weighted by molar-refractivity contribution is -0.153. The van der Waals surface area contributed by atoms with Crippen molar-refractivity contribution < 1.29 is 17.9 Å². The maximum absolute atomic E-state index is 12.2. The van der Waals surface area contributed by atoms with Crippen molar-refractivity contribution in [2.75, 3.05) is 11.9 Å². The highest BCUT2D eigenvalue weighted by Crippen LogP contribution is 2.22. The molecule has 0 aliphatic heterocycles. The summed E-state index contributed by atoms with van der Waals surface area (Å²) >= 11 is 0. The van der Waals surface area contributed by atoms with Gasteiger partial charge in [-0.15, -0.1) is 24.0 Å². The number of guanidine groups is 1. The molecular formula is C16H17F3IN3O. The number of rotatable bonds is 5. The predicted molar refractivity (Wildman–Crippen MR) is 98.8 cm³/mol. The standard InChI is InChI=1S/C16H16F3N3O.HI/c17-16(18,19)11-23-14-9-5-4-6-12(14)10-21-15(20)22-13-7-2-1-3-8-13;/h1-9H,10-11H2,(H3,20,21,22);1H. The van der Waals surface area contributed by atoms with Gasteiger partial charge in [-0.1, -0.05) is 36.4 Å². The van der Waals surface area contributed by atoms with E-state index in [1.807, 2.05) is 30.3 Å². The van der Waals surface area contributed by atoms with Crippen molar-refractivity contribution in [1.82, 2.24) is 0 Å². The maximum atomic E-state index is 12.2. The van der Waals surface area contributed by atoms with Crippen molar-refractivity contribution in [2.24, 2.45) is 10.7 Å². The van der Waals surface area contributed by atoms with E-state index in [-0.39, 0.29) is 42.2 Å². The van der Waals surface area contributed by atoms with Crippen LogP contribution in [0.1, 0.15) is 5.56 Å². The summed E-state index contributed by atoms with van der Waals surface area (Å²) in [5, 5.41) is 2.89. The van der Waals surface area contributed by atoms with Crippen molar-refractivity contribution in [3.63, 3.8) is 0 Å². The van der Waals surface area contributed by atoms with Crippen molar-refractivity contribution in [1.29, 1.82) is 0 Å². The molecule has 0 aliphatic carbocycles. The van der Waals surface area contributed by atoms with Crippen LogP contribution in [0.2, 0.25) is 0 Å². The zero-order valence-corrected chi connectivity index (χ0v) is 14.9. The van der Waals surface area contributed by atoms with Crippen LogP contribution in [0.15, 0.2) is 59.6 Å². The molecule has 130 valence electrons. The van der Waals surface area contributed by atoms with E-state index in [0.717, 1.165) is 5.69 Å². The van der Waals surface area contributed by atoms with E-state index in [4.69, 9.17) is 10.5 Å². The van der Waals surface area contributed by atoms with Crippen LogP contribution in [0.5, 0.6) is 5.75 Å². The molecule has 0 aliphatic rings. The molecule has 4 nitrogen and oxygen atoms in total. The molecule has 8 heteroatoms. The van der Waals surface area contributed by atoms with Crippen molar-refractivity contribution in [3.8, 4) is 5.75 Å². The lowest BCUT2D eigenvalue weighted by Gasteiger charge is -2.12. The van der Waals surface area contributed by atoms with Crippen molar-refractivity contribution in [2.45, 2.75) is 12.7 Å². The van der Waals surface area contributed by atoms with Gasteiger partial charge >= 0.3 is 6.18 Å². The minimum absolute atomic E-state index is 0. The first-order valence-corrected chi connectivity index (χ1v) is 6.83. The lowest BCUT2D eigenvalue weighted by atomic mass is 10.2. The van der Waals surface area contributed by atoms with Crippen LogP contribution < -0.4 is 15.8 Å². The minimum Gasteiger partial charge on any atom is -0.484 e. The van der Waals surface area contributed by atoms with Gasteiger partial charge in [0.05, 0.1) is 6.54 Å². The largest absolute Gasteiger partial charge is 0.484 e. The number of hydrogen-bond acceptors (Lipinski definition) is 2. The van der Waals surface area contributed by atoms with E-state index in [2.05, 4.69) is 10.3 Å². The lowest BCUT2D eigenvalue weighted by Crippen LogP contribution is -2.22. The number of para-hydroxylation sites is 2. The highest BCUT2D eigenvalue weighted by molar-refractivity contribution is 14.0. The molecule has 0 unspecified atom stereocenters. The Bertz CT molecular complexity index is 663. The molecule has 0 radical (unpaired) electrons. The third-order valence-electron chi connectivity index (χ3n) is 2.83. The molecule has 2 aromatic rings. The first kappa shape index (κ1) is 20.1. The fourth-order valence-corrected chi connectivity index (χ4v) is 1.81. The van der Waals surface area contributed by atoms with Gasteiger partial charge in [0.25, 0.3) is 0 Å². The van der Waals surface area contributed by atoms with Gasteiger partial charge in [-0.2, -0.15) is 13.2 Å². The number of alkyl halides is 3. The number of benzene rings is 2. The topological polar surface area (TPSA) is 59.6 Å². The third-order valence-corrected chi connectivity index (χ3v) is 2.83. The van der Waals surface area contributed by atoms with E-state index in [1.165, 1.54) is 6.07 Å². The molecule has 0 saturated carbocycles. The number of hydrogen-bond donors (Lipinski definition) is 2. The summed E-state index contributed by atoms with van der Waals surface area (Å²) in [4.78, 5) is 4.12. The summed E-state index contributed by atoms with van der Waals surface area (Å²) in [6, 6.07) is 15.6. The molecular weight excluding hydrogens is 434 g/mol. The van der Waals surface area contributed by atoms with Gasteiger partial charge in [-0.3, -0.25) is 0 Å². The second-order valence-corrected chi connectivity index (χ2v) is 4.70. The fourth-order valence-electron chi connectivity index (χ4n) is 1.81. The normalized spacial score (nSPS) is 11.5. The first-order valence-electron chi connectivity index (χ1n) is 6.83. The van der Waals surface area contributed by atoms with Gasteiger partial charge in [0.15, 0.2) is 12.6 Å². The van der Waals surface area contributed by atoms with E-state index in [9.17, 15) is 13.2 Å². The molecule has 0 saturated heterocycles. The molecule has 0 atom stereocenters. The second-order valence-electron chi connectivity index (χ2n) is 4.70. The molecule has 0 spiro atoms. The summed E-state index contributed by atoms with van der Waals surface area (Å²) in [6.07, 6.45) is -4.38. The van der Waals surface area contributed by atoms with Gasteiger partial charge in [0.1, 0.15) is 5.75 Å². The number of nitrogens with zero attached hydrogens (tertiary/aromatic N) is 1. The molecule has 3 N–H and O–H groups in total. The molecule has 0 heterocycles. The third kappa shape index (κ3) is 7.07. The highest BCUT2D eigenvalue weighted by Gasteiger charge is 2.28. The maximum Gasteiger partial charge on any atom is 0.422 e. The molecule has 0 fully saturated rings. The van der Waals surface area contributed by atoms with Gasteiger partial charge in [0.2, 0.25) is 0 Å². The Balaban J connectivity index is 0.00000288. The Morgan fingerprint density at radius 3 is 2.33 bits per heavy atom. The van der Waals surface area contributed by atoms with Gasteiger partial charge < -0.3 is 15.8 Å². The Kier molecular flexibility index (Phi) is 7.83. The van der Waals surface area contributed by atoms with Crippen LogP contribution in [0.3, 0.4) is 0 Å². The monoisotopic (exact) mass is 451 g/mol. The van der Waals surface area contributed by atoms with E-state index < -0.39 is 12.8 Å². The van der Waals surface area contributed by atoms with Crippen molar-refractivity contribution >= 4 is 35.6 Å². The average Bonchev–Trinajstić information content (AvgIpc) is 2.52. The molecule has 0 aromatic heterocycles. The number of halogens is 4. The number of ether oxygens (including phenoxy) is 1. The highest BCUT2D eigenvalue weighted by atomic mass is 127. The number of nitrogens with one attached hydrogen (secondary N) is 1. The van der Waals surface area contributed by atoms with Crippen molar-refractivity contribution in [3.05, 3.63) is 60.2 Å². The molecule has 24 heavy (non-hydrogen) atoms. The second kappa shape index (κ2) is 9.36. The minimum atomic E-state index is -4.38. The SMILES string of the molecule is I.NC(=NCc1ccccc1OCC(F)(F)F)Nc1ccccc1. The number of anilines is 1. The van der Waals surface area contributed by atoms with Crippen LogP contribution in [-0.2, 0) is 6.54 Å². The zero-order chi connectivity index (χ0) is 16.7. The predicted octanol–water partition coefficient (Wildman–Crippen LogP) is 4.17. The van der Waals surface area contributed by atoms with Crippen LogP contribution >= 0.6 is 24.0 Å². The summed E-state index contributed by atoms with van der Waals surface area (Å²) < 4.78 is 41.5. The Morgan fingerprint density at radius 1 is 1.04 bits per heavy atom. The van der Waals surface area contributed by atoms with E-state index in [1.54, 1.807) is 18.2 Å². The van der Waals surface area contributed by atoms with Gasteiger partial charge in [0, 0.05) is 11.3 Å². The Morgan fingerprint density at radius 2 is 1.67 bits per heavy atom. The fraction of sp³-hybridized carbons (Fsp3) is 0.188. The number of aliphatic imine (C=N–C) groups is 1. The van der Waals surface area contributed by atoms with Gasteiger partial charge in [-0.05, 0) is 18.2 Å². The summed E-state index contributed by atoms with van der Waals surface area (Å²) in [6.45, 7) is -1.23. The van der Waals surface area contributed by atoms with E-state index in [0.29, 0.717) is 5.56 Å². The quantitative estimate of drug-likeness (QED) is 0.408. The van der Waals surface area contributed by atoms with Crippen LogP contribution in [0.4, 0.5) is 18.9 Å². The Hall–Kier alpha value is -1.97. The summed E-state index contributed by atoms with van der Waals surface area (Å²) in [7, 11) is 0. The molecule has 2 rings (SSSR count).